The molecule has 3 heteroatoms. The Bertz CT molecular complexity index is 314. The maximum atomic E-state index is 10.6. The van der Waals surface area contributed by atoms with Gasteiger partial charge in [-0.3, -0.25) is 4.79 Å². The van der Waals surface area contributed by atoms with Gasteiger partial charge >= 0.3 is 0 Å². The number of benzene rings is 1. The lowest BCUT2D eigenvalue weighted by Crippen LogP contribution is -2.11. The second-order valence-corrected chi connectivity index (χ2v) is 4.40. The van der Waals surface area contributed by atoms with Gasteiger partial charge in [0, 0.05) is 18.8 Å². The van der Waals surface area contributed by atoms with Crippen LogP contribution in [0.1, 0.15) is 64.7 Å². The van der Waals surface area contributed by atoms with Gasteiger partial charge in [0.25, 0.3) is 0 Å². The highest BCUT2D eigenvalue weighted by Gasteiger charge is 1.95. The standard InChI is InChI=1S/C8H8O.C6H14O2.C4H10/c1-7(9)8-5-3-2-4-6-8;1-4-7-6(3)8-5-2;1-3-4-2/h2-6H,1H3;6H,4-5H2,1-3H3;3-4H2,1-2H3. The molecule has 1 aromatic carbocycles. The Morgan fingerprint density at radius 2 is 1.38 bits per heavy atom. The molecule has 0 amide bonds. The molecule has 0 aliphatic rings. The number of carbonyl (C=O) groups is 1. The van der Waals surface area contributed by atoms with Crippen molar-refractivity contribution in [2.24, 2.45) is 0 Å². The minimum atomic E-state index is -0.0370. The first-order valence-electron chi connectivity index (χ1n) is 7.82. The van der Waals surface area contributed by atoms with E-state index < -0.39 is 0 Å². The van der Waals surface area contributed by atoms with Crippen LogP contribution in [0.15, 0.2) is 30.3 Å². The number of Topliss-reactive ketones (excluding diaryl/α,β-unsaturated/α-hetero) is 1. The van der Waals surface area contributed by atoms with E-state index >= 15 is 0 Å². The number of ether oxygens (including phenoxy) is 2. The van der Waals surface area contributed by atoms with Gasteiger partial charge in [0.2, 0.25) is 0 Å². The Hall–Kier alpha value is -1.19. The van der Waals surface area contributed by atoms with Gasteiger partial charge in [-0.25, -0.2) is 0 Å². The summed E-state index contributed by atoms with van der Waals surface area (Å²) in [5.74, 6) is 0.121. The summed E-state index contributed by atoms with van der Waals surface area (Å²) in [5.41, 5.74) is 0.775. The van der Waals surface area contributed by atoms with Crippen molar-refractivity contribution in [3.05, 3.63) is 35.9 Å². The first kappa shape index (κ1) is 22.1. The van der Waals surface area contributed by atoms with Crippen LogP contribution in [0.5, 0.6) is 0 Å². The smallest absolute Gasteiger partial charge is 0.159 e. The third-order valence-electron chi connectivity index (χ3n) is 2.48. The molecule has 0 aliphatic carbocycles. The Morgan fingerprint density at radius 3 is 1.62 bits per heavy atom. The maximum Gasteiger partial charge on any atom is 0.159 e. The van der Waals surface area contributed by atoms with Crippen molar-refractivity contribution in [1.82, 2.24) is 0 Å². The van der Waals surface area contributed by atoms with E-state index in [0.717, 1.165) is 18.8 Å². The molecule has 0 aromatic heterocycles. The average molecular weight is 296 g/mol. The fraction of sp³-hybridized carbons (Fsp3) is 0.611. The molecule has 0 saturated carbocycles. The largest absolute Gasteiger partial charge is 0.353 e. The summed E-state index contributed by atoms with van der Waals surface area (Å²) in [4.78, 5) is 10.6. The molecule has 0 saturated heterocycles. The summed E-state index contributed by atoms with van der Waals surface area (Å²) in [6, 6.07) is 9.23. The van der Waals surface area contributed by atoms with Crippen molar-refractivity contribution in [2.75, 3.05) is 13.2 Å². The van der Waals surface area contributed by atoms with Crippen LogP contribution in [0.4, 0.5) is 0 Å². The molecule has 3 nitrogen and oxygen atoms in total. The highest BCUT2D eigenvalue weighted by Crippen LogP contribution is 1.97. The lowest BCUT2D eigenvalue weighted by atomic mass is 10.2. The zero-order valence-electron chi connectivity index (χ0n) is 14.5. The number of rotatable bonds is 6. The summed E-state index contributed by atoms with van der Waals surface area (Å²) in [5, 5.41) is 0. The summed E-state index contributed by atoms with van der Waals surface area (Å²) in [6.45, 7) is 13.2. The topological polar surface area (TPSA) is 35.5 Å². The van der Waals surface area contributed by atoms with Crippen LogP contribution in [0, 0.1) is 0 Å². The molecule has 0 spiro atoms. The van der Waals surface area contributed by atoms with Crippen molar-refractivity contribution in [1.29, 1.82) is 0 Å². The predicted molar refractivity (Wildman–Crippen MR) is 89.7 cm³/mol. The molecule has 0 radical (unpaired) electrons. The molecule has 21 heavy (non-hydrogen) atoms. The van der Waals surface area contributed by atoms with Crippen molar-refractivity contribution in [3.8, 4) is 0 Å². The fourth-order valence-electron chi connectivity index (χ4n) is 1.19. The van der Waals surface area contributed by atoms with Crippen LogP contribution in [-0.4, -0.2) is 25.3 Å². The molecule has 0 unspecified atom stereocenters. The number of ketones is 1. The predicted octanol–water partition coefficient (Wildman–Crippen LogP) is 5.10. The fourth-order valence-corrected chi connectivity index (χ4v) is 1.19. The monoisotopic (exact) mass is 296 g/mol. The minimum Gasteiger partial charge on any atom is -0.353 e. The van der Waals surface area contributed by atoms with Crippen LogP contribution in [0.3, 0.4) is 0 Å². The highest BCUT2D eigenvalue weighted by molar-refractivity contribution is 5.93. The van der Waals surface area contributed by atoms with E-state index in [1.54, 1.807) is 6.92 Å². The van der Waals surface area contributed by atoms with Crippen molar-refractivity contribution in [3.63, 3.8) is 0 Å². The van der Waals surface area contributed by atoms with E-state index in [1.165, 1.54) is 12.8 Å². The molecule has 0 fully saturated rings. The highest BCUT2D eigenvalue weighted by atomic mass is 16.7. The number of unbranched alkanes of at least 4 members (excludes halogenated alkanes) is 1. The second-order valence-electron chi connectivity index (χ2n) is 4.40. The van der Waals surface area contributed by atoms with Gasteiger partial charge in [-0.05, 0) is 27.7 Å². The molecular weight excluding hydrogens is 264 g/mol. The van der Waals surface area contributed by atoms with Crippen molar-refractivity contribution >= 4 is 5.78 Å². The minimum absolute atomic E-state index is 0.0370. The van der Waals surface area contributed by atoms with E-state index in [-0.39, 0.29) is 12.1 Å². The molecular formula is C18H32O3. The average Bonchev–Trinajstić information content (AvgIpc) is 2.49. The molecule has 0 aliphatic heterocycles. The Labute approximate surface area is 130 Å². The van der Waals surface area contributed by atoms with Crippen molar-refractivity contribution in [2.45, 2.75) is 60.7 Å². The van der Waals surface area contributed by atoms with Gasteiger partial charge in [-0.15, -0.1) is 0 Å². The SMILES string of the molecule is CC(=O)c1ccccc1.CCCC.CCOC(C)OCC. The molecule has 122 valence electrons. The van der Waals surface area contributed by atoms with Gasteiger partial charge in [-0.2, -0.15) is 0 Å². The quantitative estimate of drug-likeness (QED) is 0.541. The lowest BCUT2D eigenvalue weighted by molar-refractivity contribution is -0.123. The van der Waals surface area contributed by atoms with Crippen LogP contribution < -0.4 is 0 Å². The van der Waals surface area contributed by atoms with E-state index in [1.807, 2.05) is 51.1 Å². The number of hydrogen-bond donors (Lipinski definition) is 0. The first-order chi connectivity index (χ1) is 10.0. The summed E-state index contributed by atoms with van der Waals surface area (Å²) < 4.78 is 10.1. The van der Waals surface area contributed by atoms with E-state index in [9.17, 15) is 4.79 Å². The molecule has 1 aromatic rings. The van der Waals surface area contributed by atoms with E-state index in [2.05, 4.69) is 13.8 Å². The third kappa shape index (κ3) is 16.8. The normalized spacial score (nSPS) is 9.29. The van der Waals surface area contributed by atoms with Gasteiger partial charge < -0.3 is 9.47 Å². The molecule has 0 atom stereocenters. The summed E-state index contributed by atoms with van der Waals surface area (Å²) >= 11 is 0. The third-order valence-corrected chi connectivity index (χ3v) is 2.48. The van der Waals surface area contributed by atoms with Crippen LogP contribution in [0.25, 0.3) is 0 Å². The second kappa shape index (κ2) is 16.9. The Kier molecular flexibility index (Phi) is 17.7. The van der Waals surface area contributed by atoms with Gasteiger partial charge in [0.1, 0.15) is 0 Å². The van der Waals surface area contributed by atoms with Gasteiger partial charge in [0.05, 0.1) is 0 Å². The van der Waals surface area contributed by atoms with Crippen LogP contribution >= 0.6 is 0 Å². The Morgan fingerprint density at radius 1 is 0.952 bits per heavy atom. The van der Waals surface area contributed by atoms with E-state index in [4.69, 9.17) is 9.47 Å². The number of carbonyl (C=O) groups excluding carboxylic acids is 1. The zero-order valence-corrected chi connectivity index (χ0v) is 14.5. The van der Waals surface area contributed by atoms with Crippen molar-refractivity contribution < 1.29 is 14.3 Å². The zero-order chi connectivity index (χ0) is 16.5. The molecule has 0 bridgehead atoms. The maximum absolute atomic E-state index is 10.6. The first-order valence-corrected chi connectivity index (χ1v) is 7.82. The molecule has 0 N–H and O–H groups in total. The van der Waals surface area contributed by atoms with Gasteiger partial charge in [-0.1, -0.05) is 57.0 Å². The number of hydrogen-bond acceptors (Lipinski definition) is 3. The molecule has 0 heterocycles. The van der Waals surface area contributed by atoms with E-state index in [0.29, 0.717) is 0 Å². The lowest BCUT2D eigenvalue weighted by Gasteiger charge is -2.09. The van der Waals surface area contributed by atoms with Gasteiger partial charge in [0.15, 0.2) is 12.1 Å². The van der Waals surface area contributed by atoms with Crippen LogP contribution in [0.2, 0.25) is 0 Å². The molecule has 1 rings (SSSR count). The summed E-state index contributed by atoms with van der Waals surface area (Å²) in [7, 11) is 0. The van der Waals surface area contributed by atoms with Crippen LogP contribution in [-0.2, 0) is 9.47 Å². The Balaban J connectivity index is 0. The summed E-state index contributed by atoms with van der Waals surface area (Å²) in [6.07, 6.45) is 2.60.